The van der Waals surface area contributed by atoms with Crippen LogP contribution >= 0.6 is 0 Å². The Labute approximate surface area is 110 Å². The fourth-order valence-corrected chi connectivity index (χ4v) is 2.06. The molecule has 1 aromatic heterocycles. The van der Waals surface area contributed by atoms with Crippen molar-refractivity contribution >= 4 is 0 Å². The minimum atomic E-state index is -0.202. The second-order valence-electron chi connectivity index (χ2n) is 4.16. The first kappa shape index (κ1) is 13.2. The van der Waals surface area contributed by atoms with Gasteiger partial charge in [-0.1, -0.05) is 0 Å². The Morgan fingerprint density at radius 3 is 2.37 bits per heavy atom. The Kier molecular flexibility index (Phi) is 3.62. The van der Waals surface area contributed by atoms with E-state index in [2.05, 4.69) is 10.2 Å². The number of nitrogens with one attached hydrogen (secondary N) is 2. The van der Waals surface area contributed by atoms with Crippen molar-refractivity contribution in [1.82, 2.24) is 10.2 Å². The molecule has 102 valence electrons. The van der Waals surface area contributed by atoms with Crippen LogP contribution in [-0.4, -0.2) is 24.4 Å². The predicted octanol–water partition coefficient (Wildman–Crippen LogP) is 1.15. The lowest BCUT2D eigenvalue weighted by Gasteiger charge is -2.12. The molecule has 1 aromatic carbocycles. The molecule has 2 rings (SSSR count). The van der Waals surface area contributed by atoms with Crippen molar-refractivity contribution < 1.29 is 9.47 Å². The molecule has 6 nitrogen and oxygen atoms in total. The molecule has 1 heterocycles. The molecule has 0 aliphatic heterocycles. The third-order valence-electron chi connectivity index (χ3n) is 3.08. The van der Waals surface area contributed by atoms with Crippen LogP contribution in [0.15, 0.2) is 16.9 Å². The van der Waals surface area contributed by atoms with Crippen LogP contribution in [0.4, 0.5) is 0 Å². The lowest BCUT2D eigenvalue weighted by Crippen LogP contribution is -2.10. The Balaban J connectivity index is 2.65. The fourth-order valence-electron chi connectivity index (χ4n) is 2.06. The summed E-state index contributed by atoms with van der Waals surface area (Å²) < 4.78 is 10.5. The Bertz CT molecular complexity index is 643. The molecule has 0 atom stereocenters. The van der Waals surface area contributed by atoms with Crippen LogP contribution < -0.4 is 20.8 Å². The van der Waals surface area contributed by atoms with Gasteiger partial charge < -0.3 is 15.2 Å². The van der Waals surface area contributed by atoms with Crippen LogP contribution in [-0.2, 0) is 6.54 Å². The predicted molar refractivity (Wildman–Crippen MR) is 72.6 cm³/mol. The molecule has 19 heavy (non-hydrogen) atoms. The van der Waals surface area contributed by atoms with Gasteiger partial charge in [0, 0.05) is 12.1 Å². The van der Waals surface area contributed by atoms with E-state index < -0.39 is 0 Å². The second-order valence-corrected chi connectivity index (χ2v) is 4.16. The quantitative estimate of drug-likeness (QED) is 0.771. The van der Waals surface area contributed by atoms with Gasteiger partial charge in [-0.3, -0.25) is 15.0 Å². The summed E-state index contributed by atoms with van der Waals surface area (Å²) in [5.41, 5.74) is 8.44. The van der Waals surface area contributed by atoms with Gasteiger partial charge in [0.1, 0.15) is 0 Å². The zero-order valence-corrected chi connectivity index (χ0v) is 11.2. The van der Waals surface area contributed by atoms with Crippen LogP contribution in [0.25, 0.3) is 11.3 Å². The first-order valence-corrected chi connectivity index (χ1v) is 5.85. The number of rotatable bonds is 4. The largest absolute Gasteiger partial charge is 0.493 e. The standard InChI is InChI=1S/C13H17N3O3/c1-7-4-10(18-2)11(19-3)5-8(7)12-9(6-14)13(17)16-15-12/h4-5H,6,14H2,1-3H3,(H2,15,16,17). The van der Waals surface area contributed by atoms with E-state index in [0.29, 0.717) is 22.8 Å². The molecule has 0 fully saturated rings. The summed E-state index contributed by atoms with van der Waals surface area (Å²) in [5.74, 6) is 1.25. The molecule has 0 aliphatic carbocycles. The maximum Gasteiger partial charge on any atom is 0.269 e. The van der Waals surface area contributed by atoms with Crippen LogP contribution in [0.2, 0.25) is 0 Å². The minimum Gasteiger partial charge on any atom is -0.493 e. The third-order valence-corrected chi connectivity index (χ3v) is 3.08. The summed E-state index contributed by atoms with van der Waals surface area (Å²) in [5, 5.41) is 5.40. The van der Waals surface area contributed by atoms with Gasteiger partial charge in [0.05, 0.1) is 25.5 Å². The van der Waals surface area contributed by atoms with Crippen molar-refractivity contribution in [3.05, 3.63) is 33.6 Å². The average Bonchev–Trinajstić information content (AvgIpc) is 2.79. The molecule has 6 heteroatoms. The van der Waals surface area contributed by atoms with Gasteiger partial charge in [-0.15, -0.1) is 0 Å². The summed E-state index contributed by atoms with van der Waals surface area (Å²) in [6.45, 7) is 2.10. The van der Waals surface area contributed by atoms with Crippen LogP contribution in [0.1, 0.15) is 11.1 Å². The Morgan fingerprint density at radius 2 is 1.79 bits per heavy atom. The van der Waals surface area contributed by atoms with E-state index in [1.54, 1.807) is 14.2 Å². The monoisotopic (exact) mass is 263 g/mol. The van der Waals surface area contributed by atoms with E-state index in [0.717, 1.165) is 11.1 Å². The molecular formula is C13H17N3O3. The summed E-state index contributed by atoms with van der Waals surface area (Å²) >= 11 is 0. The number of aromatic nitrogens is 2. The van der Waals surface area contributed by atoms with Crippen molar-refractivity contribution in [2.24, 2.45) is 5.73 Å². The van der Waals surface area contributed by atoms with Gasteiger partial charge in [-0.05, 0) is 24.6 Å². The van der Waals surface area contributed by atoms with Crippen molar-refractivity contribution in [1.29, 1.82) is 0 Å². The number of aryl methyl sites for hydroxylation is 1. The van der Waals surface area contributed by atoms with Crippen molar-refractivity contribution in [2.45, 2.75) is 13.5 Å². The molecule has 0 saturated heterocycles. The number of nitrogens with two attached hydrogens (primary N) is 1. The zero-order chi connectivity index (χ0) is 14.0. The van der Waals surface area contributed by atoms with E-state index in [4.69, 9.17) is 15.2 Å². The molecule has 4 N–H and O–H groups in total. The zero-order valence-electron chi connectivity index (χ0n) is 11.2. The van der Waals surface area contributed by atoms with Gasteiger partial charge in [-0.2, -0.15) is 0 Å². The lowest BCUT2D eigenvalue weighted by atomic mass is 10.0. The SMILES string of the molecule is COc1cc(C)c(-c2[nH][nH]c(=O)c2CN)cc1OC. The molecule has 0 amide bonds. The number of benzene rings is 1. The molecule has 0 unspecified atom stereocenters. The van der Waals surface area contributed by atoms with Gasteiger partial charge in [0.25, 0.3) is 5.56 Å². The number of ether oxygens (including phenoxy) is 2. The highest BCUT2D eigenvalue weighted by atomic mass is 16.5. The van der Waals surface area contributed by atoms with Crippen LogP contribution in [0, 0.1) is 6.92 Å². The summed E-state index contributed by atoms with van der Waals surface area (Å²) in [4.78, 5) is 11.6. The molecule has 0 bridgehead atoms. The van der Waals surface area contributed by atoms with Gasteiger partial charge in [-0.25, -0.2) is 0 Å². The topological polar surface area (TPSA) is 93.1 Å². The maximum absolute atomic E-state index is 11.6. The molecule has 0 saturated carbocycles. The second kappa shape index (κ2) is 5.19. The summed E-state index contributed by atoms with van der Waals surface area (Å²) in [6.07, 6.45) is 0. The Hall–Kier alpha value is -2.21. The number of H-pyrrole nitrogens is 2. The van der Waals surface area contributed by atoms with Crippen LogP contribution in [0.5, 0.6) is 11.5 Å². The van der Waals surface area contributed by atoms with E-state index in [1.165, 1.54) is 0 Å². The minimum absolute atomic E-state index is 0.169. The van der Waals surface area contributed by atoms with E-state index >= 15 is 0 Å². The molecule has 0 radical (unpaired) electrons. The highest BCUT2D eigenvalue weighted by molar-refractivity contribution is 5.70. The normalized spacial score (nSPS) is 10.5. The van der Waals surface area contributed by atoms with Crippen molar-refractivity contribution in [3.63, 3.8) is 0 Å². The number of aromatic amines is 2. The van der Waals surface area contributed by atoms with E-state index in [-0.39, 0.29) is 12.1 Å². The van der Waals surface area contributed by atoms with Crippen molar-refractivity contribution in [2.75, 3.05) is 14.2 Å². The first-order valence-electron chi connectivity index (χ1n) is 5.85. The third kappa shape index (κ3) is 2.22. The fraction of sp³-hybridized carbons (Fsp3) is 0.308. The van der Waals surface area contributed by atoms with E-state index in [9.17, 15) is 4.79 Å². The number of hydrogen-bond acceptors (Lipinski definition) is 4. The summed E-state index contributed by atoms with van der Waals surface area (Å²) in [6, 6.07) is 3.69. The Morgan fingerprint density at radius 1 is 1.16 bits per heavy atom. The first-order chi connectivity index (χ1) is 9.12. The lowest BCUT2D eigenvalue weighted by molar-refractivity contribution is 0.355. The van der Waals surface area contributed by atoms with Gasteiger partial charge >= 0.3 is 0 Å². The maximum atomic E-state index is 11.6. The van der Waals surface area contributed by atoms with Gasteiger partial charge in [0.15, 0.2) is 11.5 Å². The summed E-state index contributed by atoms with van der Waals surface area (Å²) in [7, 11) is 3.15. The average molecular weight is 263 g/mol. The molecular weight excluding hydrogens is 246 g/mol. The number of hydrogen-bond donors (Lipinski definition) is 3. The highest BCUT2D eigenvalue weighted by Crippen LogP contribution is 2.35. The smallest absolute Gasteiger partial charge is 0.269 e. The molecule has 0 spiro atoms. The van der Waals surface area contributed by atoms with Crippen molar-refractivity contribution in [3.8, 4) is 22.8 Å². The molecule has 2 aromatic rings. The highest BCUT2D eigenvalue weighted by Gasteiger charge is 2.15. The number of methoxy groups -OCH3 is 2. The van der Waals surface area contributed by atoms with E-state index in [1.807, 2.05) is 19.1 Å². The van der Waals surface area contributed by atoms with Crippen LogP contribution in [0.3, 0.4) is 0 Å². The van der Waals surface area contributed by atoms with Gasteiger partial charge in [0.2, 0.25) is 0 Å². The molecule has 0 aliphatic rings.